The van der Waals surface area contributed by atoms with E-state index in [4.69, 9.17) is 9.66 Å². The van der Waals surface area contributed by atoms with E-state index in [1.54, 1.807) is 25.1 Å². The molecule has 4 rings (SSSR count). The van der Waals surface area contributed by atoms with E-state index < -0.39 is 10.0 Å². The zero-order valence-electron chi connectivity index (χ0n) is 17.6. The molecule has 0 bridgehead atoms. The van der Waals surface area contributed by atoms with Crippen molar-refractivity contribution in [1.29, 1.82) is 0 Å². The van der Waals surface area contributed by atoms with Crippen molar-refractivity contribution in [3.63, 3.8) is 0 Å². The van der Waals surface area contributed by atoms with Crippen LogP contribution in [0.25, 0.3) is 22.4 Å². The number of aromatic nitrogens is 2. The Morgan fingerprint density at radius 3 is 2.41 bits per heavy atom. The van der Waals surface area contributed by atoms with Gasteiger partial charge in [-0.1, -0.05) is 47.1 Å². The topological polar surface area (TPSA) is 128 Å². The Bertz CT molecular complexity index is 1390. The van der Waals surface area contributed by atoms with Crippen molar-refractivity contribution in [3.05, 3.63) is 77.0 Å². The lowest BCUT2D eigenvalue weighted by atomic mass is 10.0. The second-order valence-electron chi connectivity index (χ2n) is 7.56. The zero-order chi connectivity index (χ0) is 22.9. The molecule has 164 valence electrons. The maximum Gasteiger partial charge on any atom is 0.259 e. The highest BCUT2D eigenvalue weighted by atomic mass is 32.2. The summed E-state index contributed by atoms with van der Waals surface area (Å²) in [7, 11) is -3.73. The van der Waals surface area contributed by atoms with Gasteiger partial charge in [0, 0.05) is 12.1 Å². The third-order valence-electron chi connectivity index (χ3n) is 5.16. The summed E-state index contributed by atoms with van der Waals surface area (Å²) < 4.78 is 28.1. The van der Waals surface area contributed by atoms with Gasteiger partial charge in [0.15, 0.2) is 0 Å². The number of carbonyl (C=O) groups excluding carboxylic acids is 1. The smallest absolute Gasteiger partial charge is 0.259 e. The number of nitrogens with one attached hydrogen (secondary N) is 1. The van der Waals surface area contributed by atoms with Crippen LogP contribution in [0.15, 0.2) is 64.0 Å². The normalized spacial score (nSPS) is 11.6. The quantitative estimate of drug-likeness (QED) is 0.464. The van der Waals surface area contributed by atoms with Crippen molar-refractivity contribution in [2.24, 2.45) is 5.14 Å². The van der Waals surface area contributed by atoms with Crippen LogP contribution < -0.4 is 10.5 Å². The van der Waals surface area contributed by atoms with Crippen LogP contribution in [0.4, 0.5) is 0 Å². The Balaban J connectivity index is 1.55. The number of sulfonamides is 1. The van der Waals surface area contributed by atoms with E-state index in [0.29, 0.717) is 41.0 Å². The fourth-order valence-electron chi connectivity index (χ4n) is 3.41. The summed E-state index contributed by atoms with van der Waals surface area (Å²) >= 11 is 0. The number of nitrogens with two attached hydrogens (primary N) is 1. The largest absolute Gasteiger partial charge is 0.352 e. The highest BCUT2D eigenvalue weighted by Crippen LogP contribution is 2.27. The number of amides is 1. The zero-order valence-corrected chi connectivity index (χ0v) is 18.4. The lowest BCUT2D eigenvalue weighted by Crippen LogP contribution is -2.26. The fourth-order valence-corrected chi connectivity index (χ4v) is 3.92. The number of hydrogen-bond donors (Lipinski definition) is 2. The molecular formula is C23H22N4O4S. The summed E-state index contributed by atoms with van der Waals surface area (Å²) in [6.45, 7) is 4.13. The Morgan fingerprint density at radius 1 is 1.06 bits per heavy atom. The van der Waals surface area contributed by atoms with Gasteiger partial charge in [-0.2, -0.15) is 0 Å². The second kappa shape index (κ2) is 8.52. The molecule has 1 amide bonds. The van der Waals surface area contributed by atoms with Gasteiger partial charge in [-0.15, -0.1) is 0 Å². The Hall–Kier alpha value is -3.56. The number of aryl methyl sites for hydroxylation is 2. The van der Waals surface area contributed by atoms with Gasteiger partial charge >= 0.3 is 0 Å². The maximum absolute atomic E-state index is 13.0. The molecule has 2 heterocycles. The highest BCUT2D eigenvalue weighted by Gasteiger charge is 2.19. The number of benzene rings is 2. The van der Waals surface area contributed by atoms with E-state index >= 15 is 0 Å². The molecule has 2 aromatic heterocycles. The molecule has 0 aliphatic carbocycles. The number of fused-ring (bicyclic) bond motifs is 1. The van der Waals surface area contributed by atoms with Crippen LogP contribution in [0, 0.1) is 13.8 Å². The first-order valence-electron chi connectivity index (χ1n) is 9.96. The molecular weight excluding hydrogens is 428 g/mol. The molecule has 0 saturated carbocycles. The van der Waals surface area contributed by atoms with Gasteiger partial charge in [0.05, 0.1) is 27.2 Å². The standard InChI is InChI=1S/C23H22N4O4S/c1-14-3-7-17(8-4-14)20-13-19(21-15(2)27-31-23(21)26-20)22(28)25-12-11-16-5-9-18(10-6-16)32(24,29)30/h3-10,13H,11-12H2,1-2H3,(H,25,28)(H2,24,29,30). The third kappa shape index (κ3) is 4.53. The lowest BCUT2D eigenvalue weighted by molar-refractivity contribution is 0.0955. The van der Waals surface area contributed by atoms with Crippen molar-refractivity contribution in [2.75, 3.05) is 6.54 Å². The molecule has 2 aromatic carbocycles. The van der Waals surface area contributed by atoms with Gasteiger partial charge in [0.25, 0.3) is 11.6 Å². The van der Waals surface area contributed by atoms with E-state index in [-0.39, 0.29) is 10.8 Å². The minimum atomic E-state index is -3.73. The van der Waals surface area contributed by atoms with Crippen LogP contribution in [0.3, 0.4) is 0 Å². The van der Waals surface area contributed by atoms with Gasteiger partial charge in [-0.25, -0.2) is 18.5 Å². The number of carbonyl (C=O) groups is 1. The van der Waals surface area contributed by atoms with Crippen LogP contribution in [-0.2, 0) is 16.4 Å². The van der Waals surface area contributed by atoms with Crippen molar-refractivity contribution >= 4 is 27.0 Å². The molecule has 0 spiro atoms. The summed E-state index contributed by atoms with van der Waals surface area (Å²) in [6, 6.07) is 15.8. The number of primary sulfonamides is 1. The van der Waals surface area contributed by atoms with Crippen molar-refractivity contribution in [3.8, 4) is 11.3 Å². The number of hydrogen-bond acceptors (Lipinski definition) is 6. The summed E-state index contributed by atoms with van der Waals surface area (Å²) in [5, 5.41) is 12.6. The minimum Gasteiger partial charge on any atom is -0.352 e. The monoisotopic (exact) mass is 450 g/mol. The van der Waals surface area contributed by atoms with Crippen molar-refractivity contribution in [1.82, 2.24) is 15.5 Å². The highest BCUT2D eigenvalue weighted by molar-refractivity contribution is 7.89. The van der Waals surface area contributed by atoms with E-state index in [1.165, 1.54) is 12.1 Å². The number of rotatable bonds is 6. The molecule has 0 unspecified atom stereocenters. The van der Waals surface area contributed by atoms with Gasteiger partial charge in [0.1, 0.15) is 0 Å². The Kier molecular flexibility index (Phi) is 5.77. The van der Waals surface area contributed by atoms with E-state index in [1.807, 2.05) is 31.2 Å². The second-order valence-corrected chi connectivity index (χ2v) is 9.13. The average Bonchev–Trinajstić information content (AvgIpc) is 3.14. The fraction of sp³-hybridized carbons (Fsp3) is 0.174. The molecule has 32 heavy (non-hydrogen) atoms. The maximum atomic E-state index is 13.0. The third-order valence-corrected chi connectivity index (χ3v) is 6.09. The molecule has 3 N–H and O–H groups in total. The van der Waals surface area contributed by atoms with Crippen LogP contribution in [-0.4, -0.2) is 31.0 Å². The predicted molar refractivity (Wildman–Crippen MR) is 121 cm³/mol. The predicted octanol–water partition coefficient (Wildman–Crippen LogP) is 3.13. The van der Waals surface area contributed by atoms with E-state index in [0.717, 1.165) is 16.7 Å². The Morgan fingerprint density at radius 2 is 1.75 bits per heavy atom. The van der Waals surface area contributed by atoms with Crippen molar-refractivity contribution in [2.45, 2.75) is 25.2 Å². The minimum absolute atomic E-state index is 0.0519. The summed E-state index contributed by atoms with van der Waals surface area (Å²) in [4.78, 5) is 17.6. The van der Waals surface area contributed by atoms with Crippen LogP contribution in [0.2, 0.25) is 0 Å². The van der Waals surface area contributed by atoms with Gasteiger partial charge < -0.3 is 9.84 Å². The first-order valence-corrected chi connectivity index (χ1v) is 11.5. The molecule has 0 fully saturated rings. The lowest BCUT2D eigenvalue weighted by Gasteiger charge is -2.09. The Labute approximate surface area is 185 Å². The molecule has 4 aromatic rings. The summed E-state index contributed by atoms with van der Waals surface area (Å²) in [5.41, 5.74) is 4.83. The number of nitrogens with zero attached hydrogens (tertiary/aromatic N) is 2. The summed E-state index contributed by atoms with van der Waals surface area (Å²) in [6.07, 6.45) is 0.526. The first-order chi connectivity index (χ1) is 15.2. The van der Waals surface area contributed by atoms with Crippen LogP contribution >= 0.6 is 0 Å². The number of pyridine rings is 1. The SMILES string of the molecule is Cc1ccc(-c2cc(C(=O)NCCc3ccc(S(N)(=O)=O)cc3)c3c(C)noc3n2)cc1. The van der Waals surface area contributed by atoms with Gasteiger partial charge in [0.2, 0.25) is 10.0 Å². The van der Waals surface area contributed by atoms with Crippen LogP contribution in [0.5, 0.6) is 0 Å². The molecule has 0 aliphatic heterocycles. The molecule has 0 atom stereocenters. The molecule has 8 nitrogen and oxygen atoms in total. The van der Waals surface area contributed by atoms with Gasteiger partial charge in [-0.05, 0) is 44.0 Å². The first kappa shape index (κ1) is 21.7. The van der Waals surface area contributed by atoms with E-state index in [2.05, 4.69) is 15.5 Å². The van der Waals surface area contributed by atoms with Crippen LogP contribution in [0.1, 0.15) is 27.2 Å². The summed E-state index contributed by atoms with van der Waals surface area (Å²) in [5.74, 6) is -0.266. The molecule has 0 saturated heterocycles. The molecule has 0 aliphatic rings. The average molecular weight is 451 g/mol. The van der Waals surface area contributed by atoms with Gasteiger partial charge in [-0.3, -0.25) is 4.79 Å². The molecule has 0 radical (unpaired) electrons. The van der Waals surface area contributed by atoms with E-state index in [9.17, 15) is 13.2 Å². The van der Waals surface area contributed by atoms with Crippen molar-refractivity contribution < 1.29 is 17.7 Å². The molecule has 9 heteroatoms.